The molecular formula is C16H20N2O4. The largest absolute Gasteiger partial charge is 0.482 e. The highest BCUT2D eigenvalue weighted by molar-refractivity contribution is 6.00. The molecule has 0 aromatic heterocycles. The van der Waals surface area contributed by atoms with Crippen molar-refractivity contribution in [1.29, 1.82) is 0 Å². The van der Waals surface area contributed by atoms with E-state index in [1.165, 1.54) is 0 Å². The minimum atomic E-state index is -0.380. The minimum Gasteiger partial charge on any atom is -0.482 e. The van der Waals surface area contributed by atoms with Gasteiger partial charge in [0.25, 0.3) is 11.8 Å². The Labute approximate surface area is 129 Å². The lowest BCUT2D eigenvalue weighted by molar-refractivity contribution is -0.124. The van der Waals surface area contributed by atoms with E-state index in [1.807, 2.05) is 13.8 Å². The molecule has 6 heteroatoms. The maximum absolute atomic E-state index is 12.1. The van der Waals surface area contributed by atoms with Gasteiger partial charge in [0.1, 0.15) is 11.9 Å². The van der Waals surface area contributed by atoms with E-state index in [-0.39, 0.29) is 30.6 Å². The second kappa shape index (κ2) is 5.96. The van der Waals surface area contributed by atoms with Gasteiger partial charge in [0.2, 0.25) is 0 Å². The van der Waals surface area contributed by atoms with Gasteiger partial charge in [0.15, 0.2) is 6.61 Å². The van der Waals surface area contributed by atoms with E-state index in [2.05, 4.69) is 5.32 Å². The Hall–Kier alpha value is -2.08. The number of anilines is 2. The van der Waals surface area contributed by atoms with Crippen LogP contribution in [0.4, 0.5) is 11.4 Å². The number of nitrogens with zero attached hydrogens (tertiary/aromatic N) is 1. The Morgan fingerprint density at radius 3 is 2.91 bits per heavy atom. The van der Waals surface area contributed by atoms with Gasteiger partial charge in [-0.05, 0) is 44.9 Å². The number of benzene rings is 1. The number of hydrogen-bond donors (Lipinski definition) is 1. The van der Waals surface area contributed by atoms with E-state index < -0.39 is 0 Å². The van der Waals surface area contributed by atoms with E-state index in [0.29, 0.717) is 23.7 Å². The van der Waals surface area contributed by atoms with Crippen LogP contribution in [-0.2, 0) is 14.3 Å². The van der Waals surface area contributed by atoms with Gasteiger partial charge >= 0.3 is 0 Å². The van der Waals surface area contributed by atoms with Gasteiger partial charge in [-0.3, -0.25) is 9.59 Å². The molecule has 6 nitrogen and oxygen atoms in total. The highest BCUT2D eigenvalue weighted by atomic mass is 16.5. The molecule has 1 aromatic rings. The summed E-state index contributed by atoms with van der Waals surface area (Å²) in [5, 5.41) is 2.85. The summed E-state index contributed by atoms with van der Waals surface area (Å²) < 4.78 is 10.8. The number of nitrogens with one attached hydrogen (secondary N) is 1. The van der Waals surface area contributed by atoms with Crippen molar-refractivity contribution in [3.05, 3.63) is 18.2 Å². The molecular weight excluding hydrogens is 284 g/mol. The normalized spacial score (nSPS) is 20.8. The van der Waals surface area contributed by atoms with E-state index in [4.69, 9.17) is 9.47 Å². The highest BCUT2D eigenvalue weighted by Gasteiger charge is 2.29. The number of ether oxygens (including phenoxy) is 2. The van der Waals surface area contributed by atoms with Crippen molar-refractivity contribution in [1.82, 2.24) is 0 Å². The number of hydrogen-bond acceptors (Lipinski definition) is 4. The maximum atomic E-state index is 12.1. The van der Waals surface area contributed by atoms with Gasteiger partial charge in [-0.25, -0.2) is 0 Å². The first-order chi connectivity index (χ1) is 10.6. The summed E-state index contributed by atoms with van der Waals surface area (Å²) >= 11 is 0. The third-order valence-corrected chi connectivity index (χ3v) is 3.84. The predicted molar refractivity (Wildman–Crippen MR) is 82.2 cm³/mol. The second-order valence-corrected chi connectivity index (χ2v) is 5.82. The number of amides is 2. The zero-order valence-corrected chi connectivity index (χ0v) is 12.8. The summed E-state index contributed by atoms with van der Waals surface area (Å²) in [4.78, 5) is 25.8. The summed E-state index contributed by atoms with van der Waals surface area (Å²) in [5.74, 6) is 0.435. The fourth-order valence-electron chi connectivity index (χ4n) is 2.82. The van der Waals surface area contributed by atoms with Crippen LogP contribution in [0.5, 0.6) is 5.75 Å². The molecule has 2 heterocycles. The van der Waals surface area contributed by atoms with E-state index in [0.717, 1.165) is 12.8 Å². The van der Waals surface area contributed by atoms with Crippen molar-refractivity contribution in [2.24, 2.45) is 0 Å². The van der Waals surface area contributed by atoms with Crippen molar-refractivity contribution < 1.29 is 19.1 Å². The Bertz CT molecular complexity index is 594. The van der Waals surface area contributed by atoms with Gasteiger partial charge in [-0.2, -0.15) is 0 Å². The van der Waals surface area contributed by atoms with Crippen molar-refractivity contribution in [2.45, 2.75) is 38.8 Å². The summed E-state index contributed by atoms with van der Waals surface area (Å²) in [5.41, 5.74) is 1.33. The molecule has 1 unspecified atom stereocenters. The molecule has 22 heavy (non-hydrogen) atoms. The van der Waals surface area contributed by atoms with Crippen LogP contribution in [0.1, 0.15) is 26.7 Å². The average molecular weight is 304 g/mol. The molecule has 0 saturated carbocycles. The van der Waals surface area contributed by atoms with Crippen LogP contribution < -0.4 is 15.0 Å². The molecule has 1 N–H and O–H groups in total. The molecule has 2 amide bonds. The number of fused-ring (bicyclic) bond motifs is 1. The van der Waals surface area contributed by atoms with Gasteiger partial charge in [-0.15, -0.1) is 0 Å². The van der Waals surface area contributed by atoms with Crippen molar-refractivity contribution in [3.63, 3.8) is 0 Å². The molecule has 0 aliphatic carbocycles. The van der Waals surface area contributed by atoms with Crippen LogP contribution in [0.3, 0.4) is 0 Å². The molecule has 118 valence electrons. The third-order valence-electron chi connectivity index (χ3n) is 3.84. The molecule has 0 bridgehead atoms. The van der Waals surface area contributed by atoms with Gasteiger partial charge in [0, 0.05) is 18.3 Å². The molecule has 3 rings (SSSR count). The third kappa shape index (κ3) is 2.78. The monoisotopic (exact) mass is 304 g/mol. The standard InChI is InChI=1S/C16H20N2O4/c1-10(2)18-12-8-11(5-6-13(12)22-9-15(18)19)17-16(20)14-4-3-7-21-14/h5-6,8,10,14H,3-4,7,9H2,1-2H3,(H,17,20). The van der Waals surface area contributed by atoms with Gasteiger partial charge in [-0.1, -0.05) is 0 Å². The van der Waals surface area contributed by atoms with Crippen LogP contribution in [0, 0.1) is 0 Å². The first-order valence-corrected chi connectivity index (χ1v) is 7.57. The average Bonchev–Trinajstić information content (AvgIpc) is 3.00. The number of carbonyl (C=O) groups is 2. The van der Waals surface area contributed by atoms with Crippen molar-refractivity contribution in [3.8, 4) is 5.75 Å². The van der Waals surface area contributed by atoms with E-state index in [9.17, 15) is 9.59 Å². The number of rotatable bonds is 3. The molecule has 1 fully saturated rings. The Kier molecular flexibility index (Phi) is 4.02. The summed E-state index contributed by atoms with van der Waals surface area (Å²) in [6, 6.07) is 5.36. The fourth-order valence-corrected chi connectivity index (χ4v) is 2.82. The molecule has 2 aliphatic heterocycles. The Morgan fingerprint density at radius 2 is 2.23 bits per heavy atom. The van der Waals surface area contributed by atoms with Crippen LogP contribution in [0.15, 0.2) is 18.2 Å². The number of carbonyl (C=O) groups excluding carboxylic acids is 2. The smallest absolute Gasteiger partial charge is 0.265 e. The predicted octanol–water partition coefficient (Wildman–Crippen LogP) is 1.94. The quantitative estimate of drug-likeness (QED) is 0.926. The Morgan fingerprint density at radius 1 is 1.41 bits per heavy atom. The van der Waals surface area contributed by atoms with Crippen molar-refractivity contribution >= 4 is 23.2 Å². The van der Waals surface area contributed by atoms with E-state index in [1.54, 1.807) is 23.1 Å². The second-order valence-electron chi connectivity index (χ2n) is 5.82. The highest BCUT2D eigenvalue weighted by Crippen LogP contribution is 2.35. The first-order valence-electron chi connectivity index (χ1n) is 7.57. The van der Waals surface area contributed by atoms with Gasteiger partial charge < -0.3 is 19.7 Å². The molecule has 1 atom stereocenters. The summed E-state index contributed by atoms with van der Waals surface area (Å²) in [6.07, 6.45) is 1.28. The van der Waals surface area contributed by atoms with Crippen LogP contribution in [-0.4, -0.2) is 37.2 Å². The van der Waals surface area contributed by atoms with Crippen LogP contribution >= 0.6 is 0 Å². The van der Waals surface area contributed by atoms with Crippen LogP contribution in [0.2, 0.25) is 0 Å². The summed E-state index contributed by atoms with van der Waals surface area (Å²) in [6.45, 7) is 4.58. The first kappa shape index (κ1) is 14.8. The fraction of sp³-hybridized carbons (Fsp3) is 0.500. The zero-order chi connectivity index (χ0) is 15.7. The van der Waals surface area contributed by atoms with E-state index >= 15 is 0 Å². The molecule has 1 aromatic carbocycles. The van der Waals surface area contributed by atoms with Gasteiger partial charge in [0.05, 0.1) is 5.69 Å². The lowest BCUT2D eigenvalue weighted by Crippen LogP contribution is -2.43. The topological polar surface area (TPSA) is 67.9 Å². The summed E-state index contributed by atoms with van der Waals surface area (Å²) in [7, 11) is 0. The SMILES string of the molecule is CC(C)N1C(=O)COc2ccc(NC(=O)C3CCCO3)cc21. The van der Waals surface area contributed by atoms with Crippen LogP contribution in [0.25, 0.3) is 0 Å². The minimum absolute atomic E-state index is 0.0271. The molecule has 2 aliphatic rings. The van der Waals surface area contributed by atoms with Crippen molar-refractivity contribution in [2.75, 3.05) is 23.4 Å². The molecule has 0 spiro atoms. The lowest BCUT2D eigenvalue weighted by Gasteiger charge is -2.32. The Balaban J connectivity index is 1.82. The lowest BCUT2D eigenvalue weighted by atomic mass is 10.1. The molecule has 0 radical (unpaired) electrons. The maximum Gasteiger partial charge on any atom is 0.265 e. The molecule has 1 saturated heterocycles. The zero-order valence-electron chi connectivity index (χ0n) is 12.8.